The van der Waals surface area contributed by atoms with Crippen molar-refractivity contribution >= 4 is 0 Å². The highest BCUT2D eigenvalue weighted by Gasteiger charge is 2.51. The molecule has 0 amide bonds. The van der Waals surface area contributed by atoms with Crippen molar-refractivity contribution in [2.75, 3.05) is 33.8 Å². The summed E-state index contributed by atoms with van der Waals surface area (Å²) in [6, 6.07) is 0. The summed E-state index contributed by atoms with van der Waals surface area (Å²) in [6.45, 7) is 9.92. The Bertz CT molecular complexity index is 755. The molecule has 2 aliphatic heterocycles. The van der Waals surface area contributed by atoms with Crippen molar-refractivity contribution in [3.63, 3.8) is 0 Å². The molecular weight excluding hydrogens is 360 g/mol. The average Bonchev–Trinajstić information content (AvgIpc) is 3.09. The van der Waals surface area contributed by atoms with Crippen molar-refractivity contribution in [3.8, 4) is 0 Å². The van der Waals surface area contributed by atoms with Gasteiger partial charge < -0.3 is 10.1 Å². The molecule has 3 fully saturated rings. The summed E-state index contributed by atoms with van der Waals surface area (Å²) in [5.74, 6) is 0.679. The molecule has 1 N–H and O–H groups in total. The molecule has 3 heterocycles. The summed E-state index contributed by atoms with van der Waals surface area (Å²) < 4.78 is 8.81. The Labute approximate surface area is 176 Å². The molecule has 0 aromatic carbocycles. The summed E-state index contributed by atoms with van der Waals surface area (Å²) in [5, 5.41) is 8.46. The van der Waals surface area contributed by atoms with Gasteiger partial charge in [-0.2, -0.15) is 5.10 Å². The lowest BCUT2D eigenvalue weighted by Gasteiger charge is -2.37. The molecule has 2 saturated carbocycles. The van der Waals surface area contributed by atoms with Crippen LogP contribution in [0.5, 0.6) is 0 Å². The Morgan fingerprint density at radius 2 is 1.97 bits per heavy atom. The normalized spacial score (nSPS) is 31.8. The van der Waals surface area contributed by atoms with Crippen LogP contribution in [-0.4, -0.2) is 54.1 Å². The predicted molar refractivity (Wildman–Crippen MR) is 116 cm³/mol. The molecular formula is C24H40N4O. The molecule has 1 aromatic heterocycles. The quantitative estimate of drug-likeness (QED) is 0.790. The van der Waals surface area contributed by atoms with E-state index in [0.29, 0.717) is 16.7 Å². The van der Waals surface area contributed by atoms with Gasteiger partial charge in [0.1, 0.15) is 0 Å². The van der Waals surface area contributed by atoms with Crippen LogP contribution < -0.4 is 5.32 Å². The maximum Gasteiger partial charge on any atom is 0.0802 e. The smallest absolute Gasteiger partial charge is 0.0802 e. The van der Waals surface area contributed by atoms with Crippen LogP contribution in [0.15, 0.2) is 0 Å². The first kappa shape index (κ1) is 20.0. The van der Waals surface area contributed by atoms with Crippen LogP contribution in [0, 0.1) is 10.8 Å². The van der Waals surface area contributed by atoms with Crippen LogP contribution in [0.4, 0.5) is 0 Å². The molecule has 162 valence electrons. The summed E-state index contributed by atoms with van der Waals surface area (Å²) in [7, 11) is 4.27. The molecule has 5 heteroatoms. The van der Waals surface area contributed by atoms with Gasteiger partial charge in [0.15, 0.2) is 0 Å². The number of ether oxygens (including phenoxy) is 1. The van der Waals surface area contributed by atoms with Crippen molar-refractivity contribution in [1.82, 2.24) is 20.0 Å². The number of nitrogens with one attached hydrogen (secondary N) is 1. The van der Waals surface area contributed by atoms with Crippen molar-refractivity contribution < 1.29 is 4.74 Å². The first-order valence-electron chi connectivity index (χ1n) is 11.9. The van der Waals surface area contributed by atoms with Crippen LogP contribution in [0.2, 0.25) is 0 Å². The molecule has 0 unspecified atom stereocenters. The van der Waals surface area contributed by atoms with Crippen LogP contribution in [-0.2, 0) is 24.2 Å². The second kappa shape index (κ2) is 7.06. The van der Waals surface area contributed by atoms with Crippen LogP contribution in [0.25, 0.3) is 0 Å². The molecule has 1 aromatic rings. The first-order valence-corrected chi connectivity index (χ1v) is 11.9. The van der Waals surface area contributed by atoms with Crippen LogP contribution in [0.3, 0.4) is 0 Å². The third kappa shape index (κ3) is 3.79. The molecule has 4 aliphatic rings. The van der Waals surface area contributed by atoms with E-state index in [2.05, 4.69) is 35.8 Å². The molecule has 0 radical (unpaired) electrons. The maximum absolute atomic E-state index is 6.40. The van der Waals surface area contributed by atoms with E-state index in [1.807, 2.05) is 7.05 Å². The van der Waals surface area contributed by atoms with Crippen LogP contribution >= 0.6 is 0 Å². The number of hydrogen-bond donors (Lipinski definition) is 1. The largest absolute Gasteiger partial charge is 0.374 e. The standard InChI is InChI=1S/C24H40N4O/c1-22(2)15-24(29-17-22)7-5-18(6-8-24)21-19(14-27(4)12-11-25-3)26-28-16-23(9-10-23)13-20(21)28/h18,25H,5-17H2,1-4H3/t18-,24+. The summed E-state index contributed by atoms with van der Waals surface area (Å²) in [4.78, 5) is 2.43. The van der Waals surface area contributed by atoms with Gasteiger partial charge in [-0.3, -0.25) is 9.58 Å². The molecule has 29 heavy (non-hydrogen) atoms. The van der Waals surface area contributed by atoms with Crippen molar-refractivity contribution in [2.45, 2.75) is 89.8 Å². The van der Waals surface area contributed by atoms with E-state index in [0.717, 1.165) is 26.2 Å². The number of nitrogens with zero attached hydrogens (tertiary/aromatic N) is 3. The number of aromatic nitrogens is 2. The zero-order valence-electron chi connectivity index (χ0n) is 19.0. The van der Waals surface area contributed by atoms with Gasteiger partial charge >= 0.3 is 0 Å². The van der Waals surface area contributed by atoms with Gasteiger partial charge in [-0.1, -0.05) is 13.8 Å². The van der Waals surface area contributed by atoms with E-state index in [9.17, 15) is 0 Å². The van der Waals surface area contributed by atoms with Gasteiger partial charge in [0.05, 0.1) is 17.9 Å². The molecule has 5 rings (SSSR count). The Morgan fingerprint density at radius 3 is 2.59 bits per heavy atom. The van der Waals surface area contributed by atoms with Crippen molar-refractivity contribution in [2.24, 2.45) is 10.8 Å². The summed E-state index contributed by atoms with van der Waals surface area (Å²) >= 11 is 0. The molecule has 1 saturated heterocycles. The fourth-order valence-corrected chi connectivity index (χ4v) is 6.43. The summed E-state index contributed by atoms with van der Waals surface area (Å²) in [6.07, 6.45) is 10.3. The molecule has 5 nitrogen and oxygen atoms in total. The lowest BCUT2D eigenvalue weighted by atomic mass is 9.71. The molecule has 0 atom stereocenters. The fourth-order valence-electron chi connectivity index (χ4n) is 6.43. The Morgan fingerprint density at radius 1 is 1.21 bits per heavy atom. The Hall–Kier alpha value is -0.910. The maximum atomic E-state index is 6.40. The van der Waals surface area contributed by atoms with Crippen molar-refractivity contribution in [3.05, 3.63) is 17.0 Å². The fraction of sp³-hybridized carbons (Fsp3) is 0.875. The van der Waals surface area contributed by atoms with Crippen molar-refractivity contribution in [1.29, 1.82) is 0 Å². The van der Waals surface area contributed by atoms with Gasteiger partial charge in [0, 0.05) is 37.4 Å². The van der Waals surface area contributed by atoms with Crippen LogP contribution in [0.1, 0.15) is 81.7 Å². The van der Waals surface area contributed by atoms with Gasteiger partial charge in [0.2, 0.25) is 0 Å². The van der Waals surface area contributed by atoms with Gasteiger partial charge in [-0.15, -0.1) is 0 Å². The van der Waals surface area contributed by atoms with E-state index in [4.69, 9.17) is 9.84 Å². The zero-order valence-corrected chi connectivity index (χ0v) is 19.0. The second-order valence-corrected chi connectivity index (χ2v) is 11.6. The highest BCUT2D eigenvalue weighted by molar-refractivity contribution is 5.35. The van der Waals surface area contributed by atoms with Gasteiger partial charge in [-0.05, 0) is 82.2 Å². The van der Waals surface area contributed by atoms with Gasteiger partial charge in [0.25, 0.3) is 0 Å². The number of fused-ring (bicyclic) bond motifs is 1. The number of likely N-dealkylation sites (N-methyl/N-ethyl adjacent to an activating group) is 2. The summed E-state index contributed by atoms with van der Waals surface area (Å²) in [5.41, 5.74) is 5.69. The topological polar surface area (TPSA) is 42.3 Å². The average molecular weight is 401 g/mol. The number of hydrogen-bond acceptors (Lipinski definition) is 4. The zero-order chi connectivity index (χ0) is 20.3. The highest BCUT2D eigenvalue weighted by atomic mass is 16.5. The lowest BCUT2D eigenvalue weighted by Crippen LogP contribution is -2.34. The predicted octanol–water partition coefficient (Wildman–Crippen LogP) is 3.71. The third-order valence-electron chi connectivity index (χ3n) is 8.20. The number of rotatable bonds is 6. The Balaban J connectivity index is 1.35. The minimum Gasteiger partial charge on any atom is -0.374 e. The highest BCUT2D eigenvalue weighted by Crippen LogP contribution is 2.56. The lowest BCUT2D eigenvalue weighted by molar-refractivity contribution is -0.0294. The first-order chi connectivity index (χ1) is 13.8. The monoisotopic (exact) mass is 400 g/mol. The Kier molecular flexibility index (Phi) is 4.88. The van der Waals surface area contributed by atoms with E-state index in [-0.39, 0.29) is 5.60 Å². The minimum atomic E-state index is 0.164. The molecule has 2 spiro atoms. The van der Waals surface area contributed by atoms with E-state index < -0.39 is 0 Å². The van der Waals surface area contributed by atoms with E-state index in [1.165, 1.54) is 63.6 Å². The SMILES string of the molecule is CNCCN(C)Cc1nn2c(c1[C@H]1CC[C@@]3(CC1)CC(C)(C)CO3)CC1(CC1)C2. The molecule has 0 bridgehead atoms. The van der Waals surface area contributed by atoms with Gasteiger partial charge in [-0.25, -0.2) is 0 Å². The molecule has 2 aliphatic carbocycles. The minimum absolute atomic E-state index is 0.164. The third-order valence-corrected chi connectivity index (χ3v) is 8.20. The van der Waals surface area contributed by atoms with E-state index in [1.54, 1.807) is 11.3 Å². The van der Waals surface area contributed by atoms with E-state index >= 15 is 0 Å². The second-order valence-electron chi connectivity index (χ2n) is 11.6.